The zero-order valence-electron chi connectivity index (χ0n) is 11.8. The summed E-state index contributed by atoms with van der Waals surface area (Å²) in [6, 6.07) is 10.2. The average molecular weight is 365 g/mol. The first kappa shape index (κ1) is 14.6. The van der Waals surface area contributed by atoms with Gasteiger partial charge in [0.1, 0.15) is 0 Å². The first-order valence-electron chi connectivity index (χ1n) is 6.98. The number of halogens is 1. The molecule has 2 N–H and O–H groups in total. The molecule has 0 saturated carbocycles. The molecular formula is C16H17BrN2OS. The van der Waals surface area contributed by atoms with Crippen LogP contribution in [0.2, 0.25) is 0 Å². The van der Waals surface area contributed by atoms with E-state index in [0.717, 1.165) is 33.6 Å². The summed E-state index contributed by atoms with van der Waals surface area (Å²) in [5.74, 6) is 0.0993. The van der Waals surface area contributed by atoms with E-state index in [1.807, 2.05) is 24.0 Å². The number of amides is 1. The topological polar surface area (TPSA) is 46.3 Å². The number of anilines is 1. The van der Waals surface area contributed by atoms with Crippen LogP contribution < -0.4 is 5.73 Å². The smallest absolute Gasteiger partial charge is 0.264 e. The SMILES string of the molecule is Cc1sc(C(=O)N2CCCC2c2cccc(Br)c2)cc1N. The lowest BCUT2D eigenvalue weighted by atomic mass is 10.0. The number of nitrogen functional groups attached to an aromatic ring is 1. The summed E-state index contributed by atoms with van der Waals surface area (Å²) in [4.78, 5) is 16.5. The highest BCUT2D eigenvalue weighted by atomic mass is 79.9. The highest BCUT2D eigenvalue weighted by Gasteiger charge is 2.31. The summed E-state index contributed by atoms with van der Waals surface area (Å²) in [5.41, 5.74) is 7.78. The third kappa shape index (κ3) is 2.85. The van der Waals surface area contributed by atoms with Gasteiger partial charge in [-0.15, -0.1) is 11.3 Å². The van der Waals surface area contributed by atoms with Gasteiger partial charge in [0.2, 0.25) is 0 Å². The van der Waals surface area contributed by atoms with Gasteiger partial charge in [-0.1, -0.05) is 28.1 Å². The fourth-order valence-electron chi connectivity index (χ4n) is 2.81. The first-order chi connectivity index (χ1) is 10.1. The lowest BCUT2D eigenvalue weighted by Gasteiger charge is -2.24. The van der Waals surface area contributed by atoms with Crippen LogP contribution in [0.1, 0.15) is 39.0 Å². The highest BCUT2D eigenvalue weighted by molar-refractivity contribution is 9.10. The van der Waals surface area contributed by atoms with Crippen LogP contribution in [0.3, 0.4) is 0 Å². The van der Waals surface area contributed by atoms with E-state index in [9.17, 15) is 4.79 Å². The molecule has 0 aliphatic carbocycles. The summed E-state index contributed by atoms with van der Waals surface area (Å²) in [5, 5.41) is 0. The quantitative estimate of drug-likeness (QED) is 0.859. The van der Waals surface area contributed by atoms with Crippen LogP contribution in [0, 0.1) is 6.92 Å². The van der Waals surface area contributed by atoms with E-state index in [1.54, 1.807) is 6.07 Å². The Hall–Kier alpha value is -1.33. The molecule has 1 saturated heterocycles. The molecule has 1 aliphatic rings. The second-order valence-electron chi connectivity index (χ2n) is 5.33. The average Bonchev–Trinajstić information content (AvgIpc) is 3.06. The minimum absolute atomic E-state index is 0.0993. The number of nitrogens with two attached hydrogens (primary N) is 1. The van der Waals surface area contributed by atoms with E-state index in [2.05, 4.69) is 28.1 Å². The molecule has 1 aromatic heterocycles. The Morgan fingerprint density at radius 2 is 2.24 bits per heavy atom. The van der Waals surface area contributed by atoms with Crippen molar-refractivity contribution >= 4 is 38.9 Å². The second-order valence-corrected chi connectivity index (χ2v) is 7.51. The van der Waals surface area contributed by atoms with E-state index in [0.29, 0.717) is 5.69 Å². The normalized spacial score (nSPS) is 18.2. The van der Waals surface area contributed by atoms with Gasteiger partial charge in [0.15, 0.2) is 0 Å². The summed E-state index contributed by atoms with van der Waals surface area (Å²) in [6.07, 6.45) is 2.06. The number of benzene rings is 1. The molecule has 2 aromatic rings. The molecule has 2 heterocycles. The van der Waals surface area contributed by atoms with Gasteiger partial charge in [-0.2, -0.15) is 0 Å². The van der Waals surface area contributed by atoms with Gasteiger partial charge in [0.25, 0.3) is 5.91 Å². The lowest BCUT2D eigenvalue weighted by molar-refractivity contribution is 0.0740. The molecule has 21 heavy (non-hydrogen) atoms. The van der Waals surface area contributed by atoms with Crippen LogP contribution in [0.15, 0.2) is 34.8 Å². The standard InChI is InChI=1S/C16H17BrN2OS/c1-10-13(18)9-15(21-10)16(20)19-7-3-6-14(19)11-4-2-5-12(17)8-11/h2,4-5,8-9,14H,3,6-7,18H2,1H3. The highest BCUT2D eigenvalue weighted by Crippen LogP contribution is 2.35. The fraction of sp³-hybridized carbons (Fsp3) is 0.312. The van der Waals surface area contributed by atoms with Crippen molar-refractivity contribution < 1.29 is 4.79 Å². The van der Waals surface area contributed by atoms with Gasteiger partial charge in [-0.3, -0.25) is 4.79 Å². The van der Waals surface area contributed by atoms with E-state index in [4.69, 9.17) is 5.73 Å². The largest absolute Gasteiger partial charge is 0.398 e. The third-order valence-corrected chi connectivity index (χ3v) is 5.46. The third-order valence-electron chi connectivity index (χ3n) is 3.91. The van der Waals surface area contributed by atoms with Crippen molar-refractivity contribution in [1.29, 1.82) is 0 Å². The number of hydrogen-bond donors (Lipinski definition) is 1. The zero-order chi connectivity index (χ0) is 15.0. The molecule has 1 fully saturated rings. The summed E-state index contributed by atoms with van der Waals surface area (Å²) in [6.45, 7) is 2.76. The van der Waals surface area contributed by atoms with Crippen LogP contribution in [-0.4, -0.2) is 17.4 Å². The Morgan fingerprint density at radius 3 is 2.90 bits per heavy atom. The number of thiophene rings is 1. The maximum atomic E-state index is 12.8. The molecule has 3 rings (SSSR count). The van der Waals surface area contributed by atoms with Crippen LogP contribution in [0.4, 0.5) is 5.69 Å². The molecule has 5 heteroatoms. The van der Waals surface area contributed by atoms with Crippen molar-refractivity contribution in [3.05, 3.63) is 50.1 Å². The molecule has 110 valence electrons. The molecule has 3 nitrogen and oxygen atoms in total. The van der Waals surface area contributed by atoms with Crippen molar-refractivity contribution in [3.63, 3.8) is 0 Å². The number of aryl methyl sites for hydroxylation is 1. The summed E-state index contributed by atoms with van der Waals surface area (Å²) < 4.78 is 1.05. The fourth-order valence-corrected chi connectivity index (χ4v) is 4.13. The van der Waals surface area contributed by atoms with Crippen molar-refractivity contribution in [2.45, 2.75) is 25.8 Å². The van der Waals surface area contributed by atoms with Crippen molar-refractivity contribution in [3.8, 4) is 0 Å². The van der Waals surface area contributed by atoms with E-state index < -0.39 is 0 Å². The number of likely N-dealkylation sites (tertiary alicyclic amines) is 1. The van der Waals surface area contributed by atoms with Crippen LogP contribution >= 0.6 is 27.3 Å². The van der Waals surface area contributed by atoms with E-state index >= 15 is 0 Å². The molecule has 1 aromatic carbocycles. The molecule has 0 spiro atoms. The van der Waals surface area contributed by atoms with Crippen molar-refractivity contribution in [2.24, 2.45) is 0 Å². The number of carbonyl (C=O) groups excluding carboxylic acids is 1. The van der Waals surface area contributed by atoms with Crippen molar-refractivity contribution in [1.82, 2.24) is 4.90 Å². The van der Waals surface area contributed by atoms with Crippen LogP contribution in [0.25, 0.3) is 0 Å². The number of hydrogen-bond acceptors (Lipinski definition) is 3. The first-order valence-corrected chi connectivity index (χ1v) is 8.59. The monoisotopic (exact) mass is 364 g/mol. The molecular weight excluding hydrogens is 348 g/mol. The molecule has 1 unspecified atom stereocenters. The van der Waals surface area contributed by atoms with Crippen LogP contribution in [0.5, 0.6) is 0 Å². The Bertz CT molecular complexity index is 663. The van der Waals surface area contributed by atoms with Crippen molar-refractivity contribution in [2.75, 3.05) is 12.3 Å². The minimum Gasteiger partial charge on any atom is -0.398 e. The van der Waals surface area contributed by atoms with Gasteiger partial charge in [0, 0.05) is 21.6 Å². The van der Waals surface area contributed by atoms with Gasteiger partial charge in [-0.25, -0.2) is 0 Å². The Morgan fingerprint density at radius 1 is 1.43 bits per heavy atom. The van der Waals surface area contributed by atoms with E-state index in [-0.39, 0.29) is 11.9 Å². The Kier molecular flexibility index (Phi) is 4.04. The molecule has 0 bridgehead atoms. The second kappa shape index (κ2) is 5.81. The van der Waals surface area contributed by atoms with Gasteiger partial charge in [-0.05, 0) is 43.5 Å². The summed E-state index contributed by atoms with van der Waals surface area (Å²) in [7, 11) is 0. The van der Waals surface area contributed by atoms with Gasteiger partial charge < -0.3 is 10.6 Å². The minimum atomic E-state index is 0.0993. The zero-order valence-corrected chi connectivity index (χ0v) is 14.2. The van der Waals surface area contributed by atoms with E-state index in [1.165, 1.54) is 16.9 Å². The number of rotatable bonds is 2. The maximum Gasteiger partial charge on any atom is 0.264 e. The lowest BCUT2D eigenvalue weighted by Crippen LogP contribution is -2.29. The van der Waals surface area contributed by atoms with Gasteiger partial charge >= 0.3 is 0 Å². The number of carbonyl (C=O) groups is 1. The van der Waals surface area contributed by atoms with Gasteiger partial charge in [0.05, 0.1) is 10.9 Å². The maximum absolute atomic E-state index is 12.8. The molecule has 1 amide bonds. The Balaban J connectivity index is 1.88. The predicted octanol–water partition coefficient (Wildman–Crippen LogP) is 4.38. The molecule has 1 atom stereocenters. The Labute approximate surface area is 136 Å². The predicted molar refractivity (Wildman–Crippen MR) is 90.6 cm³/mol. The molecule has 1 aliphatic heterocycles. The molecule has 0 radical (unpaired) electrons. The number of nitrogens with zero attached hydrogens (tertiary/aromatic N) is 1. The summed E-state index contributed by atoms with van der Waals surface area (Å²) >= 11 is 4.99. The van der Waals surface area contributed by atoms with Crippen LogP contribution in [-0.2, 0) is 0 Å².